The molecule has 0 spiro atoms. The lowest BCUT2D eigenvalue weighted by atomic mass is 10.0. The van der Waals surface area contributed by atoms with E-state index in [2.05, 4.69) is 21.0 Å². The van der Waals surface area contributed by atoms with Gasteiger partial charge in [-0.15, -0.1) is 0 Å². The van der Waals surface area contributed by atoms with E-state index in [1.54, 1.807) is 37.2 Å². The van der Waals surface area contributed by atoms with Crippen LogP contribution in [0.2, 0.25) is 0 Å². The van der Waals surface area contributed by atoms with E-state index in [0.717, 1.165) is 11.3 Å². The maximum Gasteiger partial charge on any atom is 0.142 e. The molecule has 1 unspecified atom stereocenters. The highest BCUT2D eigenvalue weighted by Gasteiger charge is 2.22. The van der Waals surface area contributed by atoms with Gasteiger partial charge in [0.2, 0.25) is 0 Å². The molecule has 1 heterocycles. The first-order chi connectivity index (χ1) is 9.51. The predicted molar refractivity (Wildman–Crippen MR) is 79.3 cm³/mol. The lowest BCUT2D eigenvalue weighted by molar-refractivity contribution is 0.213. The second kappa shape index (κ2) is 5.85. The maximum atomic E-state index is 10.6. The van der Waals surface area contributed by atoms with Crippen LogP contribution in [0.15, 0.2) is 22.8 Å². The Bertz CT molecular complexity index is 625. The van der Waals surface area contributed by atoms with E-state index in [-0.39, 0.29) is 0 Å². The molecule has 1 N–H and O–H groups in total. The third kappa shape index (κ3) is 2.41. The number of rotatable bonds is 4. The first-order valence-corrected chi connectivity index (χ1v) is 6.87. The van der Waals surface area contributed by atoms with Crippen molar-refractivity contribution in [2.24, 2.45) is 7.05 Å². The van der Waals surface area contributed by atoms with E-state index in [4.69, 9.17) is 9.47 Å². The number of aliphatic hydroxyl groups is 1. The fraction of sp³-hybridized carbons (Fsp3) is 0.357. The molecule has 0 aliphatic carbocycles. The molecule has 1 aromatic carbocycles. The van der Waals surface area contributed by atoms with E-state index >= 15 is 0 Å². The van der Waals surface area contributed by atoms with Crippen LogP contribution in [0.1, 0.15) is 22.9 Å². The van der Waals surface area contributed by atoms with Crippen LogP contribution in [-0.4, -0.2) is 29.1 Å². The highest BCUT2D eigenvalue weighted by atomic mass is 79.9. The minimum Gasteiger partial charge on any atom is -0.495 e. The van der Waals surface area contributed by atoms with Crippen molar-refractivity contribution in [3.8, 4) is 11.5 Å². The van der Waals surface area contributed by atoms with E-state index in [0.29, 0.717) is 21.5 Å². The van der Waals surface area contributed by atoms with Crippen molar-refractivity contribution in [1.82, 2.24) is 9.78 Å². The topological polar surface area (TPSA) is 56.5 Å². The summed E-state index contributed by atoms with van der Waals surface area (Å²) in [6.45, 7) is 1.91. The van der Waals surface area contributed by atoms with E-state index in [1.807, 2.05) is 14.0 Å². The number of halogens is 1. The molecule has 5 nitrogen and oxygen atoms in total. The molecule has 20 heavy (non-hydrogen) atoms. The van der Waals surface area contributed by atoms with Gasteiger partial charge in [0, 0.05) is 23.9 Å². The molecule has 2 rings (SSSR count). The van der Waals surface area contributed by atoms with Crippen molar-refractivity contribution in [3.63, 3.8) is 0 Å². The van der Waals surface area contributed by atoms with Crippen molar-refractivity contribution < 1.29 is 14.6 Å². The van der Waals surface area contributed by atoms with Gasteiger partial charge in [0.05, 0.1) is 20.4 Å². The molecule has 0 aliphatic rings. The number of hydrogen-bond acceptors (Lipinski definition) is 4. The van der Waals surface area contributed by atoms with E-state index in [1.165, 1.54) is 0 Å². The van der Waals surface area contributed by atoms with Gasteiger partial charge in [0.1, 0.15) is 22.1 Å². The summed E-state index contributed by atoms with van der Waals surface area (Å²) in [5, 5.41) is 14.7. The summed E-state index contributed by atoms with van der Waals surface area (Å²) < 4.78 is 13.0. The number of methoxy groups -OCH3 is 2. The van der Waals surface area contributed by atoms with E-state index < -0.39 is 6.10 Å². The first kappa shape index (κ1) is 14.9. The van der Waals surface area contributed by atoms with Gasteiger partial charge in [-0.05, 0) is 35.0 Å². The number of benzene rings is 1. The Labute approximate surface area is 126 Å². The third-order valence-corrected chi connectivity index (χ3v) is 4.13. The monoisotopic (exact) mass is 340 g/mol. The predicted octanol–water partition coefficient (Wildman–Crippen LogP) is 2.59. The molecule has 0 radical (unpaired) electrons. The van der Waals surface area contributed by atoms with Gasteiger partial charge >= 0.3 is 0 Å². The van der Waals surface area contributed by atoms with Crippen LogP contribution in [0, 0.1) is 6.92 Å². The van der Waals surface area contributed by atoms with Crippen molar-refractivity contribution in [2.75, 3.05) is 14.2 Å². The Morgan fingerprint density at radius 1 is 1.25 bits per heavy atom. The van der Waals surface area contributed by atoms with Gasteiger partial charge in [-0.1, -0.05) is 0 Å². The SMILES string of the molecule is COc1ccc(C(O)c2cnn(C)c2C)c(OC)c1Br. The average Bonchev–Trinajstić information content (AvgIpc) is 2.78. The van der Waals surface area contributed by atoms with Gasteiger partial charge in [-0.2, -0.15) is 5.10 Å². The molecule has 1 atom stereocenters. The van der Waals surface area contributed by atoms with Gasteiger partial charge in [-0.25, -0.2) is 0 Å². The van der Waals surface area contributed by atoms with Crippen LogP contribution < -0.4 is 9.47 Å². The Kier molecular flexibility index (Phi) is 4.35. The summed E-state index contributed by atoms with van der Waals surface area (Å²) in [7, 11) is 4.99. The number of aryl methyl sites for hydroxylation is 1. The lowest BCUT2D eigenvalue weighted by Crippen LogP contribution is -2.05. The summed E-state index contributed by atoms with van der Waals surface area (Å²) in [6.07, 6.45) is 0.859. The fourth-order valence-electron chi connectivity index (χ4n) is 2.09. The zero-order chi connectivity index (χ0) is 14.9. The van der Waals surface area contributed by atoms with E-state index in [9.17, 15) is 5.11 Å². The number of ether oxygens (including phenoxy) is 2. The minimum atomic E-state index is -0.805. The van der Waals surface area contributed by atoms with Crippen molar-refractivity contribution in [3.05, 3.63) is 39.6 Å². The van der Waals surface area contributed by atoms with Gasteiger partial charge in [0.15, 0.2) is 0 Å². The van der Waals surface area contributed by atoms with Gasteiger partial charge in [0.25, 0.3) is 0 Å². The molecule has 0 fully saturated rings. The summed E-state index contributed by atoms with van der Waals surface area (Å²) >= 11 is 3.44. The van der Waals surface area contributed by atoms with Gasteiger partial charge < -0.3 is 14.6 Å². The summed E-state index contributed by atoms with van der Waals surface area (Å²) in [5.41, 5.74) is 2.32. The normalized spacial score (nSPS) is 12.3. The largest absolute Gasteiger partial charge is 0.495 e. The van der Waals surface area contributed by atoms with Crippen LogP contribution >= 0.6 is 15.9 Å². The molecule has 0 saturated heterocycles. The zero-order valence-electron chi connectivity index (χ0n) is 11.8. The van der Waals surface area contributed by atoms with Crippen LogP contribution in [0.5, 0.6) is 11.5 Å². The average molecular weight is 341 g/mol. The molecule has 1 aromatic heterocycles. The highest BCUT2D eigenvalue weighted by molar-refractivity contribution is 9.10. The quantitative estimate of drug-likeness (QED) is 0.929. The van der Waals surface area contributed by atoms with Crippen LogP contribution in [0.4, 0.5) is 0 Å². The second-order valence-electron chi connectivity index (χ2n) is 4.42. The molecular formula is C14H17BrN2O3. The number of aromatic nitrogens is 2. The molecule has 108 valence electrons. The van der Waals surface area contributed by atoms with Crippen molar-refractivity contribution in [1.29, 1.82) is 0 Å². The first-order valence-electron chi connectivity index (χ1n) is 6.08. The smallest absolute Gasteiger partial charge is 0.142 e. The summed E-state index contributed by atoms with van der Waals surface area (Å²) in [4.78, 5) is 0. The second-order valence-corrected chi connectivity index (χ2v) is 5.21. The Balaban J connectivity index is 2.52. The number of hydrogen-bond donors (Lipinski definition) is 1. The number of nitrogens with zero attached hydrogens (tertiary/aromatic N) is 2. The molecular weight excluding hydrogens is 324 g/mol. The summed E-state index contributed by atoms with van der Waals surface area (Å²) in [5.74, 6) is 1.21. The third-order valence-electron chi connectivity index (χ3n) is 3.38. The maximum absolute atomic E-state index is 10.6. The van der Waals surface area contributed by atoms with Crippen LogP contribution in [-0.2, 0) is 7.05 Å². The van der Waals surface area contributed by atoms with Gasteiger partial charge in [-0.3, -0.25) is 4.68 Å². The van der Waals surface area contributed by atoms with Crippen molar-refractivity contribution >= 4 is 15.9 Å². The molecule has 0 aliphatic heterocycles. The molecule has 6 heteroatoms. The lowest BCUT2D eigenvalue weighted by Gasteiger charge is -2.17. The molecule has 0 saturated carbocycles. The van der Waals surface area contributed by atoms with Crippen LogP contribution in [0.25, 0.3) is 0 Å². The molecule has 0 amide bonds. The highest BCUT2D eigenvalue weighted by Crippen LogP contribution is 2.41. The zero-order valence-corrected chi connectivity index (χ0v) is 13.4. The minimum absolute atomic E-state index is 0.556. The Morgan fingerprint density at radius 3 is 2.45 bits per heavy atom. The molecule has 2 aromatic rings. The standard InChI is InChI=1S/C14H17BrN2O3/c1-8-10(7-16-17(8)2)13(18)9-5-6-11(19-3)12(15)14(9)20-4/h5-7,13,18H,1-4H3. The Hall–Kier alpha value is -1.53. The molecule has 0 bridgehead atoms. The number of aliphatic hydroxyl groups excluding tert-OH is 1. The fourth-order valence-corrected chi connectivity index (χ4v) is 2.77. The van der Waals surface area contributed by atoms with Crippen molar-refractivity contribution in [2.45, 2.75) is 13.0 Å². The van der Waals surface area contributed by atoms with Crippen LogP contribution in [0.3, 0.4) is 0 Å². The summed E-state index contributed by atoms with van der Waals surface area (Å²) in [6, 6.07) is 3.58. The Morgan fingerprint density at radius 2 is 1.95 bits per heavy atom.